The highest BCUT2D eigenvalue weighted by molar-refractivity contribution is 5.95. The number of carbonyl (C=O) groups excluding carboxylic acids is 8. The molecule has 4 N–H and O–H groups in total. The van der Waals surface area contributed by atoms with Crippen molar-refractivity contribution in [2.75, 3.05) is 81.3 Å². The van der Waals surface area contributed by atoms with Gasteiger partial charge in [-0.2, -0.15) is 0 Å². The predicted molar refractivity (Wildman–Crippen MR) is 265 cm³/mol. The Kier molecular flexibility index (Phi) is 25.1. The molecule has 0 saturated carbocycles. The van der Waals surface area contributed by atoms with Crippen molar-refractivity contribution in [3.8, 4) is 23.0 Å². The van der Waals surface area contributed by atoms with E-state index >= 15 is 0 Å². The maximum absolute atomic E-state index is 12.2. The molecule has 0 aromatic heterocycles. The number of benzene rings is 4. The summed E-state index contributed by atoms with van der Waals surface area (Å²) in [5.74, 6) is -6.07. The molecule has 24 heteroatoms. The van der Waals surface area contributed by atoms with Crippen LogP contribution in [0.5, 0.6) is 23.0 Å². The van der Waals surface area contributed by atoms with Crippen molar-refractivity contribution in [1.82, 2.24) is 0 Å². The van der Waals surface area contributed by atoms with Crippen molar-refractivity contribution in [3.05, 3.63) is 120 Å². The molecule has 0 heterocycles. The molecule has 77 heavy (non-hydrogen) atoms. The molecule has 0 aliphatic rings. The van der Waals surface area contributed by atoms with Gasteiger partial charge in [0, 0.05) is 66.2 Å². The first-order valence-electron chi connectivity index (χ1n) is 23.0. The molecule has 0 aliphatic carbocycles. The van der Waals surface area contributed by atoms with Gasteiger partial charge in [-0.25, -0.2) is 38.4 Å². The highest BCUT2D eigenvalue weighted by Crippen LogP contribution is 2.38. The Labute approximate surface area is 439 Å². The summed E-state index contributed by atoms with van der Waals surface area (Å²) in [5, 5.41) is 45.3. The minimum Gasteiger partial charge on any atom is -0.491 e. The van der Waals surface area contributed by atoms with E-state index in [1.807, 2.05) is 0 Å². The molecule has 0 fully saturated rings. The number of aliphatic hydroxyl groups excluding tert-OH is 4. The SMILES string of the molecule is COC(=O)/C=C/C(=O)OCC(O)COc1ccc2ccc(OCC(O)COC(=O)/C=C/C(=O)OC)c(Cc3c(OCC(O)COC(=O)/C=C/C(=O)OC)ccc4ccc(OCC(O)COC(=O)/C=C/C(=O)OC)cc34)c2c1. The largest absolute Gasteiger partial charge is 0.491 e. The van der Waals surface area contributed by atoms with E-state index in [0.717, 1.165) is 77.0 Å². The fourth-order valence-electron chi connectivity index (χ4n) is 6.34. The topological polar surface area (TPSA) is 328 Å². The lowest BCUT2D eigenvalue weighted by Gasteiger charge is -2.21. The van der Waals surface area contributed by atoms with Gasteiger partial charge in [0.2, 0.25) is 0 Å². The Morgan fingerprint density at radius 1 is 0.364 bits per heavy atom. The minimum absolute atomic E-state index is 0.0611. The summed E-state index contributed by atoms with van der Waals surface area (Å²) in [4.78, 5) is 94.0. The van der Waals surface area contributed by atoms with Crippen LogP contribution >= 0.6 is 0 Å². The van der Waals surface area contributed by atoms with Crippen LogP contribution < -0.4 is 18.9 Å². The van der Waals surface area contributed by atoms with Crippen LogP contribution in [0.3, 0.4) is 0 Å². The van der Waals surface area contributed by atoms with E-state index in [0.29, 0.717) is 32.7 Å². The molecule has 4 unspecified atom stereocenters. The van der Waals surface area contributed by atoms with Crippen LogP contribution in [-0.2, 0) is 82.7 Å². The second-order valence-electron chi connectivity index (χ2n) is 15.8. The molecule has 0 spiro atoms. The first-order valence-corrected chi connectivity index (χ1v) is 23.0. The van der Waals surface area contributed by atoms with Crippen LogP contribution in [0.25, 0.3) is 21.5 Å². The highest BCUT2D eigenvalue weighted by Gasteiger charge is 2.21. The zero-order valence-corrected chi connectivity index (χ0v) is 42.0. The predicted octanol–water partition coefficient (Wildman–Crippen LogP) is 1.63. The van der Waals surface area contributed by atoms with Gasteiger partial charge in [0.05, 0.1) is 28.4 Å². The first kappa shape index (κ1) is 60.7. The van der Waals surface area contributed by atoms with Crippen LogP contribution in [0.1, 0.15) is 11.1 Å². The lowest BCUT2D eigenvalue weighted by molar-refractivity contribution is -0.142. The monoisotopic (exact) mass is 1080 g/mol. The summed E-state index contributed by atoms with van der Waals surface area (Å²) in [5.41, 5.74) is 0.887. The number of fused-ring (bicyclic) bond motifs is 2. The van der Waals surface area contributed by atoms with Gasteiger partial charge in [-0.15, -0.1) is 0 Å². The molecule has 4 rings (SSSR count). The highest BCUT2D eigenvalue weighted by atomic mass is 16.6. The lowest BCUT2D eigenvalue weighted by Crippen LogP contribution is -2.25. The van der Waals surface area contributed by atoms with E-state index in [-0.39, 0.29) is 42.6 Å². The van der Waals surface area contributed by atoms with E-state index in [4.69, 9.17) is 37.9 Å². The zero-order valence-electron chi connectivity index (χ0n) is 42.0. The molecule has 0 radical (unpaired) electrons. The van der Waals surface area contributed by atoms with Crippen molar-refractivity contribution < 1.29 is 116 Å². The maximum atomic E-state index is 12.2. The number of ether oxygens (including phenoxy) is 12. The number of methoxy groups -OCH3 is 4. The average Bonchev–Trinajstić information content (AvgIpc) is 3.46. The van der Waals surface area contributed by atoms with Gasteiger partial charge >= 0.3 is 47.8 Å². The van der Waals surface area contributed by atoms with Crippen molar-refractivity contribution in [2.24, 2.45) is 0 Å². The van der Waals surface area contributed by atoms with E-state index < -0.39 is 112 Å². The van der Waals surface area contributed by atoms with Crippen molar-refractivity contribution in [1.29, 1.82) is 0 Å². The fraction of sp³-hybridized carbons (Fsp3) is 0.321. The molecule has 0 saturated heterocycles. The molecular weight excluding hydrogens is 1020 g/mol. The number of aliphatic hydroxyl groups is 4. The molecule has 4 aromatic rings. The third-order valence-corrected chi connectivity index (χ3v) is 10.1. The molecule has 412 valence electrons. The van der Waals surface area contributed by atoms with Crippen molar-refractivity contribution >= 4 is 69.3 Å². The van der Waals surface area contributed by atoms with Gasteiger partial charge in [-0.05, 0) is 57.9 Å². The molecule has 4 atom stereocenters. The van der Waals surface area contributed by atoms with Gasteiger partial charge in [0.1, 0.15) is 100 Å². The standard InChI is InChI=1S/C53H56O24/c1-66-46(58)13-17-50(62)74-28-34(54)24-70-38-9-5-32-7-11-44(72-26-36(56)30-76-52(64)19-15-48(60)68-3)42(40(32)21-38)23-43-41-22-39(71-25-35(55)29-75-51(63)18-14-47(59)67-2)10-6-33(41)8-12-45(43)73-27-37(57)31-77-53(65)20-16-49(61)69-4/h5-22,34-37,54-57H,23-31H2,1-4H3/b17-13+,18-14+,19-15+,20-16+. The lowest BCUT2D eigenvalue weighted by atomic mass is 9.93. The summed E-state index contributed by atoms with van der Waals surface area (Å²) in [6.07, 6.45) is 1.20. The third-order valence-electron chi connectivity index (χ3n) is 10.1. The summed E-state index contributed by atoms with van der Waals surface area (Å²) < 4.78 is 62.1. The Balaban J connectivity index is 1.74. The molecule has 0 aliphatic heterocycles. The quantitative estimate of drug-likeness (QED) is 0.0327. The Bertz CT molecular complexity index is 2630. The van der Waals surface area contributed by atoms with Gasteiger partial charge in [0.15, 0.2) is 0 Å². The number of rotatable bonds is 30. The normalized spacial score (nSPS) is 12.9. The maximum Gasteiger partial charge on any atom is 0.331 e. The van der Waals surface area contributed by atoms with Gasteiger partial charge < -0.3 is 77.3 Å². The van der Waals surface area contributed by atoms with Gasteiger partial charge in [-0.1, -0.05) is 24.3 Å². The number of carbonyl (C=O) groups is 8. The van der Waals surface area contributed by atoms with Gasteiger partial charge in [-0.3, -0.25) is 0 Å². The smallest absolute Gasteiger partial charge is 0.331 e. The molecule has 0 amide bonds. The van der Waals surface area contributed by atoms with E-state index in [1.54, 1.807) is 60.7 Å². The van der Waals surface area contributed by atoms with Crippen molar-refractivity contribution in [3.63, 3.8) is 0 Å². The average molecular weight is 1080 g/mol. The third kappa shape index (κ3) is 21.5. The van der Waals surface area contributed by atoms with Crippen LogP contribution in [0.4, 0.5) is 0 Å². The van der Waals surface area contributed by atoms with E-state index in [9.17, 15) is 58.8 Å². The molecular formula is C53H56O24. The summed E-state index contributed by atoms with van der Waals surface area (Å²) in [6, 6.07) is 16.6. The Hall–Kier alpha value is -8.84. The number of hydrogen-bond donors (Lipinski definition) is 4. The fourth-order valence-corrected chi connectivity index (χ4v) is 6.34. The van der Waals surface area contributed by atoms with E-state index in [2.05, 4.69) is 18.9 Å². The number of esters is 8. The van der Waals surface area contributed by atoms with E-state index in [1.165, 1.54) is 0 Å². The molecule has 0 bridgehead atoms. The molecule has 4 aromatic carbocycles. The second-order valence-corrected chi connectivity index (χ2v) is 15.8. The summed E-state index contributed by atoms with van der Waals surface area (Å²) in [6.45, 7) is -3.68. The Morgan fingerprint density at radius 2 is 0.623 bits per heavy atom. The Morgan fingerprint density at radius 3 is 0.909 bits per heavy atom. The summed E-state index contributed by atoms with van der Waals surface area (Å²) in [7, 11) is 4.50. The minimum atomic E-state index is -1.40. The van der Waals surface area contributed by atoms with Gasteiger partial charge in [0.25, 0.3) is 0 Å². The first-order chi connectivity index (χ1) is 36.9. The van der Waals surface area contributed by atoms with Crippen LogP contribution in [0.2, 0.25) is 0 Å². The van der Waals surface area contributed by atoms with Crippen molar-refractivity contribution in [2.45, 2.75) is 30.8 Å². The summed E-state index contributed by atoms with van der Waals surface area (Å²) >= 11 is 0. The van der Waals surface area contributed by atoms with Crippen LogP contribution in [0, 0.1) is 0 Å². The van der Waals surface area contributed by atoms with Crippen LogP contribution in [-0.4, -0.2) is 174 Å². The van der Waals surface area contributed by atoms with Crippen LogP contribution in [0.15, 0.2) is 109 Å². The number of hydrogen-bond acceptors (Lipinski definition) is 24. The molecule has 24 nitrogen and oxygen atoms in total. The second kappa shape index (κ2) is 31.8. The zero-order chi connectivity index (χ0) is 56.3.